The summed E-state index contributed by atoms with van der Waals surface area (Å²) in [4.78, 5) is 0. The highest BCUT2D eigenvalue weighted by molar-refractivity contribution is 6.30. The smallest absolute Gasteiger partial charge is 0.165 e. The van der Waals surface area contributed by atoms with E-state index in [0.29, 0.717) is 5.56 Å². The topological polar surface area (TPSA) is 29.5 Å². The third-order valence-corrected chi connectivity index (χ3v) is 2.91. The van der Waals surface area contributed by atoms with E-state index in [1.54, 1.807) is 6.07 Å². The molecule has 0 aromatic heterocycles. The van der Waals surface area contributed by atoms with Crippen molar-refractivity contribution in [3.05, 3.63) is 64.2 Å². The first-order valence-corrected chi connectivity index (χ1v) is 5.95. The summed E-state index contributed by atoms with van der Waals surface area (Å²) in [6.45, 7) is -0.522. The number of aliphatic hydroxyl groups excluding tert-OH is 1. The zero-order valence-corrected chi connectivity index (χ0v) is 10.6. The molecule has 0 aliphatic heterocycles. The van der Waals surface area contributed by atoms with Gasteiger partial charge in [-0.3, -0.25) is 0 Å². The van der Waals surface area contributed by atoms with E-state index < -0.39 is 11.6 Å². The van der Waals surface area contributed by atoms with Gasteiger partial charge in [0.25, 0.3) is 0 Å². The summed E-state index contributed by atoms with van der Waals surface area (Å²) in [5.41, 5.74) is 0.530. The van der Waals surface area contributed by atoms with E-state index in [-0.39, 0.29) is 29.5 Å². The maximum absolute atomic E-state index is 13.6. The van der Waals surface area contributed by atoms with Gasteiger partial charge in [-0.2, -0.15) is 0 Å². The molecule has 100 valence electrons. The highest BCUT2D eigenvalue weighted by atomic mass is 35.5. The van der Waals surface area contributed by atoms with E-state index in [1.165, 1.54) is 30.3 Å². The van der Waals surface area contributed by atoms with Crippen LogP contribution in [0, 0.1) is 11.6 Å². The lowest BCUT2D eigenvalue weighted by Gasteiger charge is -2.11. The third-order valence-electron chi connectivity index (χ3n) is 2.62. The molecule has 5 heteroatoms. The van der Waals surface area contributed by atoms with Gasteiger partial charge in [0.15, 0.2) is 11.6 Å². The molecular weight excluding hydrogens is 274 g/mol. The van der Waals surface area contributed by atoms with Crippen molar-refractivity contribution in [3.8, 4) is 5.75 Å². The predicted octanol–water partition coefficient (Wildman–Crippen LogP) is 3.69. The minimum absolute atomic E-state index is 0.0167. The van der Waals surface area contributed by atoms with Gasteiger partial charge in [-0.1, -0.05) is 35.9 Å². The van der Waals surface area contributed by atoms with Gasteiger partial charge >= 0.3 is 0 Å². The van der Waals surface area contributed by atoms with E-state index in [1.807, 2.05) is 0 Å². The Labute approximate surface area is 114 Å². The number of halogens is 3. The SMILES string of the molecule is OCc1cccc(F)c1OCc1cccc(Cl)c1F. The number of rotatable bonds is 4. The summed E-state index contributed by atoms with van der Waals surface area (Å²) >= 11 is 5.64. The van der Waals surface area contributed by atoms with Crippen molar-refractivity contribution in [2.75, 3.05) is 0 Å². The minimum Gasteiger partial charge on any atom is -0.485 e. The molecule has 2 aromatic rings. The van der Waals surface area contributed by atoms with Gasteiger partial charge in [-0.05, 0) is 12.1 Å². The van der Waals surface area contributed by atoms with Crippen molar-refractivity contribution in [3.63, 3.8) is 0 Å². The number of hydrogen-bond donors (Lipinski definition) is 1. The van der Waals surface area contributed by atoms with Gasteiger partial charge in [0, 0.05) is 11.1 Å². The fraction of sp³-hybridized carbons (Fsp3) is 0.143. The average Bonchev–Trinajstić information content (AvgIpc) is 2.41. The van der Waals surface area contributed by atoms with E-state index in [4.69, 9.17) is 21.4 Å². The van der Waals surface area contributed by atoms with Crippen LogP contribution in [0.5, 0.6) is 5.75 Å². The van der Waals surface area contributed by atoms with Crippen LogP contribution < -0.4 is 4.74 Å². The van der Waals surface area contributed by atoms with Crippen LogP contribution in [0.2, 0.25) is 5.02 Å². The van der Waals surface area contributed by atoms with E-state index in [2.05, 4.69) is 0 Å². The molecule has 0 atom stereocenters. The summed E-state index contributed by atoms with van der Waals surface area (Å²) in [5, 5.41) is 9.08. The van der Waals surface area contributed by atoms with Crippen LogP contribution in [0.3, 0.4) is 0 Å². The Kier molecular flexibility index (Phi) is 4.35. The second-order valence-corrected chi connectivity index (χ2v) is 4.30. The van der Waals surface area contributed by atoms with Crippen molar-refractivity contribution in [2.24, 2.45) is 0 Å². The third kappa shape index (κ3) is 3.03. The maximum atomic E-state index is 13.6. The normalized spacial score (nSPS) is 10.5. The summed E-state index contributed by atoms with van der Waals surface area (Å²) in [7, 11) is 0. The standard InChI is InChI=1S/C14H11ClF2O2/c15-11-5-1-4-10(13(11)17)8-19-14-9(7-18)3-2-6-12(14)16/h1-6,18H,7-8H2. The van der Waals surface area contributed by atoms with Crippen LogP contribution in [-0.4, -0.2) is 5.11 Å². The summed E-state index contributed by atoms with van der Waals surface area (Å²) in [6, 6.07) is 8.71. The highest BCUT2D eigenvalue weighted by Crippen LogP contribution is 2.25. The van der Waals surface area contributed by atoms with Gasteiger partial charge in [0.1, 0.15) is 12.4 Å². The predicted molar refractivity (Wildman–Crippen MR) is 68.1 cm³/mol. The lowest BCUT2D eigenvalue weighted by atomic mass is 10.2. The van der Waals surface area contributed by atoms with Crippen molar-refractivity contribution in [1.82, 2.24) is 0 Å². The summed E-state index contributed by atoms with van der Waals surface area (Å²) in [6.07, 6.45) is 0. The van der Waals surface area contributed by atoms with Gasteiger partial charge in [-0.25, -0.2) is 8.78 Å². The average molecular weight is 285 g/mol. The molecule has 0 amide bonds. The number of hydrogen-bond acceptors (Lipinski definition) is 2. The second kappa shape index (κ2) is 5.99. The molecule has 0 unspecified atom stereocenters. The Morgan fingerprint density at radius 2 is 1.74 bits per heavy atom. The molecule has 2 aromatic carbocycles. The molecule has 2 nitrogen and oxygen atoms in total. The number of aliphatic hydroxyl groups is 1. The van der Waals surface area contributed by atoms with Crippen molar-refractivity contribution in [2.45, 2.75) is 13.2 Å². The summed E-state index contributed by atoms with van der Waals surface area (Å²) in [5.74, 6) is -1.27. The zero-order valence-electron chi connectivity index (χ0n) is 9.87. The number of para-hydroxylation sites is 1. The molecule has 0 fully saturated rings. The molecule has 0 saturated carbocycles. The zero-order chi connectivity index (χ0) is 13.8. The molecular formula is C14H11ClF2O2. The Morgan fingerprint density at radius 1 is 1.05 bits per heavy atom. The molecule has 1 N–H and O–H groups in total. The van der Waals surface area contributed by atoms with Crippen molar-refractivity contribution >= 4 is 11.6 Å². The van der Waals surface area contributed by atoms with E-state index in [9.17, 15) is 8.78 Å². The minimum atomic E-state index is -0.603. The Hall–Kier alpha value is -1.65. The molecule has 0 saturated heterocycles. The number of ether oxygens (including phenoxy) is 1. The van der Waals surface area contributed by atoms with Gasteiger partial charge in [-0.15, -0.1) is 0 Å². The summed E-state index contributed by atoms with van der Waals surface area (Å²) < 4.78 is 32.4. The molecule has 0 radical (unpaired) electrons. The molecule has 0 spiro atoms. The first-order chi connectivity index (χ1) is 9.13. The fourth-order valence-electron chi connectivity index (χ4n) is 1.65. The highest BCUT2D eigenvalue weighted by Gasteiger charge is 2.11. The van der Waals surface area contributed by atoms with Gasteiger partial charge < -0.3 is 9.84 Å². The van der Waals surface area contributed by atoms with Crippen LogP contribution in [0.4, 0.5) is 8.78 Å². The Morgan fingerprint density at radius 3 is 2.47 bits per heavy atom. The van der Waals surface area contributed by atoms with Crippen molar-refractivity contribution < 1.29 is 18.6 Å². The van der Waals surface area contributed by atoms with Crippen LogP contribution in [0.1, 0.15) is 11.1 Å². The van der Waals surface area contributed by atoms with Crippen molar-refractivity contribution in [1.29, 1.82) is 0 Å². The quantitative estimate of drug-likeness (QED) is 0.928. The van der Waals surface area contributed by atoms with Gasteiger partial charge in [0.05, 0.1) is 11.6 Å². The molecule has 0 bridgehead atoms. The Bertz CT molecular complexity index is 588. The van der Waals surface area contributed by atoms with E-state index >= 15 is 0 Å². The number of benzene rings is 2. The lowest BCUT2D eigenvalue weighted by Crippen LogP contribution is -2.03. The fourth-order valence-corrected chi connectivity index (χ4v) is 1.84. The van der Waals surface area contributed by atoms with E-state index in [0.717, 1.165) is 0 Å². The molecule has 0 aliphatic rings. The molecule has 0 aliphatic carbocycles. The van der Waals surface area contributed by atoms with Crippen LogP contribution in [0.15, 0.2) is 36.4 Å². The lowest BCUT2D eigenvalue weighted by molar-refractivity contribution is 0.249. The largest absolute Gasteiger partial charge is 0.485 e. The second-order valence-electron chi connectivity index (χ2n) is 3.89. The maximum Gasteiger partial charge on any atom is 0.165 e. The first kappa shape index (κ1) is 13.8. The van der Waals surface area contributed by atoms with Crippen LogP contribution >= 0.6 is 11.6 Å². The monoisotopic (exact) mass is 284 g/mol. The molecule has 19 heavy (non-hydrogen) atoms. The molecule has 0 heterocycles. The van der Waals surface area contributed by atoms with Gasteiger partial charge in [0.2, 0.25) is 0 Å². The molecule has 2 rings (SSSR count). The van der Waals surface area contributed by atoms with Crippen LogP contribution in [-0.2, 0) is 13.2 Å². The Balaban J connectivity index is 2.21. The first-order valence-electron chi connectivity index (χ1n) is 5.57. The van der Waals surface area contributed by atoms with Crippen LogP contribution in [0.25, 0.3) is 0 Å².